The van der Waals surface area contributed by atoms with Crippen molar-refractivity contribution in [1.29, 1.82) is 0 Å². The Bertz CT molecular complexity index is 558. The summed E-state index contributed by atoms with van der Waals surface area (Å²) in [6.07, 6.45) is 3.44. The molecule has 0 spiro atoms. The monoisotopic (exact) mass is 414 g/mol. The third-order valence-electron chi connectivity index (χ3n) is 4.65. The summed E-state index contributed by atoms with van der Waals surface area (Å²) in [6.45, 7) is 19.7. The molecule has 0 aliphatic heterocycles. The van der Waals surface area contributed by atoms with E-state index in [1.807, 2.05) is 0 Å². The van der Waals surface area contributed by atoms with E-state index in [4.69, 9.17) is 0 Å². The third kappa shape index (κ3) is 8.48. The van der Waals surface area contributed by atoms with Crippen molar-refractivity contribution in [1.82, 2.24) is 0 Å². The van der Waals surface area contributed by atoms with Gasteiger partial charge in [0.05, 0.1) is 0 Å². The van der Waals surface area contributed by atoms with Crippen LogP contribution in [0.5, 0.6) is 0 Å². The molecule has 25 heavy (non-hydrogen) atoms. The normalized spacial score (nSPS) is 14.8. The van der Waals surface area contributed by atoms with Crippen molar-refractivity contribution in [3.63, 3.8) is 0 Å². The summed E-state index contributed by atoms with van der Waals surface area (Å²) in [7, 11) is 0. The molecule has 0 fully saturated rings. The summed E-state index contributed by atoms with van der Waals surface area (Å²) < 4.78 is 0. The molecule has 0 aromatic heterocycles. The Balaban J connectivity index is -0.000000350. The van der Waals surface area contributed by atoms with E-state index in [1.165, 1.54) is 27.8 Å². The largest absolute Gasteiger partial charge is 4.00 e. The summed E-state index contributed by atoms with van der Waals surface area (Å²) in [5.41, 5.74) is 7.04. The van der Waals surface area contributed by atoms with Crippen LogP contribution in [0.25, 0.3) is 0 Å². The summed E-state index contributed by atoms with van der Waals surface area (Å²) in [5.74, 6) is 1.17. The average molecular weight is 415 g/mol. The first-order valence-electron chi connectivity index (χ1n) is 8.38. The number of hydrogen-bond donors (Lipinski definition) is 0. The molecular formula is C22H32Cl2Ti. The van der Waals surface area contributed by atoms with Crippen LogP contribution in [-0.2, 0) is 21.7 Å². The van der Waals surface area contributed by atoms with Crippen LogP contribution in [0.2, 0.25) is 0 Å². The molecule has 0 unspecified atom stereocenters. The number of rotatable bonds is 2. The van der Waals surface area contributed by atoms with Gasteiger partial charge in [-0.2, -0.15) is 46.5 Å². The molecule has 138 valence electrons. The van der Waals surface area contributed by atoms with Crippen molar-refractivity contribution in [2.24, 2.45) is 5.41 Å². The Morgan fingerprint density at radius 2 is 1.24 bits per heavy atom. The van der Waals surface area contributed by atoms with Crippen LogP contribution >= 0.6 is 0 Å². The molecule has 3 heteroatoms. The number of benzene rings is 1. The van der Waals surface area contributed by atoms with Gasteiger partial charge in [-0.15, -0.1) is 6.92 Å². The van der Waals surface area contributed by atoms with Crippen LogP contribution in [0.4, 0.5) is 0 Å². The first-order chi connectivity index (χ1) is 10.1. The van der Waals surface area contributed by atoms with Crippen molar-refractivity contribution in [3.8, 4) is 0 Å². The Labute approximate surface area is 183 Å². The zero-order chi connectivity index (χ0) is 17.1. The summed E-state index contributed by atoms with van der Waals surface area (Å²) in [5, 5.41) is 0. The van der Waals surface area contributed by atoms with E-state index in [1.54, 1.807) is 0 Å². The molecule has 0 heterocycles. The van der Waals surface area contributed by atoms with E-state index in [0.717, 1.165) is 0 Å². The van der Waals surface area contributed by atoms with E-state index in [2.05, 4.69) is 92.7 Å². The Kier molecular flexibility index (Phi) is 14.7. The molecule has 0 N–H and O–H groups in total. The van der Waals surface area contributed by atoms with Crippen molar-refractivity contribution in [3.05, 3.63) is 58.2 Å². The first-order valence-corrected chi connectivity index (χ1v) is 8.38. The van der Waals surface area contributed by atoms with Gasteiger partial charge in [0, 0.05) is 0 Å². The zero-order valence-corrected chi connectivity index (χ0v) is 20.2. The van der Waals surface area contributed by atoms with Gasteiger partial charge in [-0.1, -0.05) is 60.8 Å². The second-order valence-electron chi connectivity index (χ2n) is 7.50. The van der Waals surface area contributed by atoms with Gasteiger partial charge in [0.1, 0.15) is 0 Å². The SMILES string of the molecule is CC(C)c1[c-]c(C(C)C)ccc1.CC1=[C-]C(C)(C)C(C)=C1C.[Cl-].[Cl-].[Ti+4]. The summed E-state index contributed by atoms with van der Waals surface area (Å²) in [6, 6.07) is 9.87. The van der Waals surface area contributed by atoms with E-state index in [9.17, 15) is 0 Å². The van der Waals surface area contributed by atoms with E-state index in [0.29, 0.717) is 11.8 Å². The number of hydrogen-bond acceptors (Lipinski definition) is 0. The molecule has 0 saturated carbocycles. The smallest absolute Gasteiger partial charge is 1.00 e. The maximum absolute atomic E-state index is 3.44. The van der Waals surface area contributed by atoms with Crippen LogP contribution in [0.15, 0.2) is 34.9 Å². The molecule has 0 nitrogen and oxygen atoms in total. The van der Waals surface area contributed by atoms with Crippen LogP contribution in [0, 0.1) is 17.6 Å². The van der Waals surface area contributed by atoms with Gasteiger partial charge in [0.15, 0.2) is 0 Å². The molecule has 0 saturated heterocycles. The minimum atomic E-state index is 0. The van der Waals surface area contributed by atoms with Crippen molar-refractivity contribution < 1.29 is 46.5 Å². The van der Waals surface area contributed by atoms with E-state index in [-0.39, 0.29) is 51.9 Å². The number of allylic oxidation sites excluding steroid dienone is 4. The Morgan fingerprint density at radius 1 is 0.840 bits per heavy atom. The quantitative estimate of drug-likeness (QED) is 0.497. The molecule has 0 bridgehead atoms. The molecule has 0 atom stereocenters. The van der Waals surface area contributed by atoms with E-state index < -0.39 is 0 Å². The minimum absolute atomic E-state index is 0. The van der Waals surface area contributed by atoms with Crippen LogP contribution in [-0.4, -0.2) is 0 Å². The standard InChI is InChI=1S/C12H17.C10H15.2ClH.Ti/c1-9(2)11-6-5-7-12(8-11)10(3)4;1-7-6-10(4,5)9(3)8(7)2;;;/h5-7,9-10H,1-4H3;1-5H3;2*1H;/q2*-1;;;+4/p-2. The fraction of sp³-hybridized carbons (Fsp3) is 0.545. The topological polar surface area (TPSA) is 0 Å². The second-order valence-corrected chi connectivity index (χ2v) is 7.50. The molecule has 2 rings (SSSR count). The molecule has 1 aromatic rings. The van der Waals surface area contributed by atoms with Crippen LogP contribution in [0.1, 0.15) is 85.3 Å². The predicted octanol–water partition coefficient (Wildman–Crippen LogP) is 0.851. The summed E-state index contributed by atoms with van der Waals surface area (Å²) in [4.78, 5) is 0. The van der Waals surface area contributed by atoms with Gasteiger partial charge in [0.25, 0.3) is 0 Å². The molecule has 0 amide bonds. The fourth-order valence-electron chi connectivity index (χ4n) is 2.59. The number of halogens is 2. The van der Waals surface area contributed by atoms with Crippen molar-refractivity contribution in [2.45, 2.75) is 74.1 Å². The molecule has 1 aliphatic carbocycles. The predicted molar refractivity (Wildman–Crippen MR) is 98.0 cm³/mol. The van der Waals surface area contributed by atoms with E-state index >= 15 is 0 Å². The second kappa shape index (κ2) is 12.4. The molecule has 0 radical (unpaired) electrons. The van der Waals surface area contributed by atoms with Gasteiger partial charge < -0.3 is 24.8 Å². The molecule has 1 aromatic carbocycles. The maximum atomic E-state index is 3.44. The van der Waals surface area contributed by atoms with Gasteiger partial charge in [-0.3, -0.25) is 6.08 Å². The van der Waals surface area contributed by atoms with Crippen LogP contribution < -0.4 is 24.8 Å². The van der Waals surface area contributed by atoms with Gasteiger partial charge >= 0.3 is 21.7 Å². The Morgan fingerprint density at radius 3 is 1.44 bits per heavy atom. The first kappa shape index (κ1) is 29.7. The van der Waals surface area contributed by atoms with Crippen molar-refractivity contribution in [2.75, 3.05) is 0 Å². The van der Waals surface area contributed by atoms with Gasteiger partial charge in [-0.25, -0.2) is 5.57 Å². The fourth-order valence-corrected chi connectivity index (χ4v) is 2.59. The molecular weight excluding hydrogens is 383 g/mol. The van der Waals surface area contributed by atoms with Gasteiger partial charge in [-0.05, 0) is 11.8 Å². The third-order valence-corrected chi connectivity index (χ3v) is 4.65. The zero-order valence-electron chi connectivity index (χ0n) is 17.1. The van der Waals surface area contributed by atoms with Crippen LogP contribution in [0.3, 0.4) is 0 Å². The minimum Gasteiger partial charge on any atom is -1.00 e. The summed E-state index contributed by atoms with van der Waals surface area (Å²) >= 11 is 0. The van der Waals surface area contributed by atoms with Crippen molar-refractivity contribution >= 4 is 0 Å². The molecule has 1 aliphatic rings. The average Bonchev–Trinajstić information content (AvgIpc) is 2.62. The van der Waals surface area contributed by atoms with Gasteiger partial charge in [0.2, 0.25) is 0 Å². The maximum Gasteiger partial charge on any atom is 4.00 e. The Hall–Kier alpha value is -0.00571.